The molecule has 3 aromatic rings. The molecule has 1 amide bonds. The summed E-state index contributed by atoms with van der Waals surface area (Å²) in [5.74, 6) is 0.765. The number of carbonyl (C=O) groups is 1. The number of hydrogen-bond acceptors (Lipinski definition) is 6. The van der Waals surface area contributed by atoms with Crippen LogP contribution < -0.4 is 9.64 Å². The van der Waals surface area contributed by atoms with Gasteiger partial charge in [0.05, 0.1) is 30.8 Å². The Kier molecular flexibility index (Phi) is 3.97. The van der Waals surface area contributed by atoms with Gasteiger partial charge < -0.3 is 19.0 Å². The zero-order valence-corrected chi connectivity index (χ0v) is 13.9. The minimum atomic E-state index is -0.0276. The fourth-order valence-electron chi connectivity index (χ4n) is 3.15. The van der Waals surface area contributed by atoms with Gasteiger partial charge in [-0.25, -0.2) is 0 Å². The average molecular weight is 338 g/mol. The van der Waals surface area contributed by atoms with E-state index in [4.69, 9.17) is 9.15 Å². The van der Waals surface area contributed by atoms with Gasteiger partial charge in [0, 0.05) is 50.7 Å². The fraction of sp³-hybridized carbons (Fsp3) is 0.278. The van der Waals surface area contributed by atoms with E-state index in [1.165, 1.54) is 0 Å². The van der Waals surface area contributed by atoms with Crippen molar-refractivity contribution in [2.75, 3.05) is 38.2 Å². The van der Waals surface area contributed by atoms with Crippen molar-refractivity contribution in [3.63, 3.8) is 0 Å². The summed E-state index contributed by atoms with van der Waals surface area (Å²) in [4.78, 5) is 25.3. The number of carbonyl (C=O) groups excluding carboxylic acids is 1. The van der Waals surface area contributed by atoms with Crippen LogP contribution in [-0.2, 0) is 0 Å². The number of piperazine rings is 1. The lowest BCUT2D eigenvalue weighted by Gasteiger charge is -2.36. The highest BCUT2D eigenvalue weighted by atomic mass is 16.5. The van der Waals surface area contributed by atoms with Crippen molar-refractivity contribution >= 4 is 22.7 Å². The summed E-state index contributed by atoms with van der Waals surface area (Å²) >= 11 is 0. The van der Waals surface area contributed by atoms with Gasteiger partial charge >= 0.3 is 0 Å². The first-order chi connectivity index (χ1) is 12.3. The number of fused-ring (bicyclic) bond motifs is 1. The third-order valence-corrected chi connectivity index (χ3v) is 4.46. The van der Waals surface area contributed by atoms with Crippen molar-refractivity contribution in [2.24, 2.45) is 0 Å². The van der Waals surface area contributed by atoms with E-state index in [1.807, 2.05) is 11.0 Å². The molecule has 0 spiro atoms. The molecule has 7 heteroatoms. The van der Waals surface area contributed by atoms with E-state index in [0.29, 0.717) is 29.8 Å². The first kappa shape index (κ1) is 15.4. The molecule has 0 bridgehead atoms. The zero-order chi connectivity index (χ0) is 17.2. The van der Waals surface area contributed by atoms with Gasteiger partial charge in [-0.1, -0.05) is 0 Å². The van der Waals surface area contributed by atoms with Crippen molar-refractivity contribution in [1.82, 2.24) is 14.9 Å². The second-order valence-corrected chi connectivity index (χ2v) is 5.82. The van der Waals surface area contributed by atoms with E-state index in [0.717, 1.165) is 24.5 Å². The fourth-order valence-corrected chi connectivity index (χ4v) is 3.15. The van der Waals surface area contributed by atoms with Crippen LogP contribution in [0.3, 0.4) is 0 Å². The van der Waals surface area contributed by atoms with Crippen LogP contribution in [0.25, 0.3) is 11.1 Å². The summed E-state index contributed by atoms with van der Waals surface area (Å²) in [5.41, 5.74) is 2.75. The maximum absolute atomic E-state index is 12.9. The number of methoxy groups -OCH3 is 1. The highest BCUT2D eigenvalue weighted by Gasteiger charge is 2.25. The smallest absolute Gasteiger partial charge is 0.257 e. The molecule has 1 aliphatic heterocycles. The second-order valence-electron chi connectivity index (χ2n) is 5.82. The topological polar surface area (TPSA) is 71.7 Å². The first-order valence-electron chi connectivity index (χ1n) is 8.12. The zero-order valence-electron chi connectivity index (χ0n) is 13.9. The molecule has 4 rings (SSSR count). The average Bonchev–Trinajstić information content (AvgIpc) is 3.16. The number of hydrogen-bond donors (Lipinski definition) is 0. The third-order valence-electron chi connectivity index (χ3n) is 4.46. The number of rotatable bonds is 3. The van der Waals surface area contributed by atoms with E-state index >= 15 is 0 Å². The molecular weight excluding hydrogens is 320 g/mol. The predicted molar refractivity (Wildman–Crippen MR) is 92.9 cm³/mol. The van der Waals surface area contributed by atoms with Gasteiger partial charge in [0.25, 0.3) is 5.91 Å². The van der Waals surface area contributed by atoms with Crippen LogP contribution in [-0.4, -0.2) is 54.1 Å². The van der Waals surface area contributed by atoms with Crippen LogP contribution >= 0.6 is 0 Å². The van der Waals surface area contributed by atoms with Crippen LogP contribution in [0, 0.1) is 0 Å². The van der Waals surface area contributed by atoms with Crippen LogP contribution in [0.1, 0.15) is 10.4 Å². The number of aromatic nitrogens is 2. The van der Waals surface area contributed by atoms with Gasteiger partial charge in [0.1, 0.15) is 11.3 Å². The molecule has 0 saturated carbocycles. The van der Waals surface area contributed by atoms with E-state index < -0.39 is 0 Å². The molecule has 0 atom stereocenters. The monoisotopic (exact) mass is 338 g/mol. The largest absolute Gasteiger partial charge is 0.494 e. The lowest BCUT2D eigenvalue weighted by molar-refractivity contribution is 0.0747. The van der Waals surface area contributed by atoms with Gasteiger partial charge in [-0.05, 0) is 6.07 Å². The predicted octanol–water partition coefficient (Wildman–Crippen LogP) is 2.19. The highest BCUT2D eigenvalue weighted by molar-refractivity contribution is 6.03. The summed E-state index contributed by atoms with van der Waals surface area (Å²) in [7, 11) is 1.65. The molecule has 1 fully saturated rings. The maximum atomic E-state index is 12.9. The highest BCUT2D eigenvalue weighted by Crippen LogP contribution is 2.28. The normalized spacial score (nSPS) is 14.8. The summed E-state index contributed by atoms with van der Waals surface area (Å²) in [6.45, 7) is 2.70. The quantitative estimate of drug-likeness (QED) is 0.729. The van der Waals surface area contributed by atoms with Gasteiger partial charge in [-0.3, -0.25) is 14.8 Å². The number of amides is 1. The van der Waals surface area contributed by atoms with Gasteiger partial charge in [0.15, 0.2) is 5.58 Å². The Morgan fingerprint density at radius 3 is 2.80 bits per heavy atom. The molecule has 1 saturated heterocycles. The van der Waals surface area contributed by atoms with E-state index in [9.17, 15) is 4.79 Å². The van der Waals surface area contributed by atoms with Crippen LogP contribution in [0.5, 0.6) is 5.75 Å². The summed E-state index contributed by atoms with van der Waals surface area (Å²) < 4.78 is 10.8. The number of anilines is 1. The van der Waals surface area contributed by atoms with Crippen molar-refractivity contribution in [2.45, 2.75) is 0 Å². The minimum Gasteiger partial charge on any atom is -0.494 e. The van der Waals surface area contributed by atoms with Gasteiger partial charge in [-0.15, -0.1) is 0 Å². The van der Waals surface area contributed by atoms with Crippen molar-refractivity contribution < 1.29 is 13.9 Å². The molecule has 0 unspecified atom stereocenters. The molecule has 0 aromatic carbocycles. The first-order valence-corrected chi connectivity index (χ1v) is 8.12. The minimum absolute atomic E-state index is 0.0276. The molecule has 128 valence electrons. The molecule has 1 aliphatic rings. The molecule has 0 radical (unpaired) electrons. The van der Waals surface area contributed by atoms with E-state index in [2.05, 4.69) is 14.9 Å². The van der Waals surface area contributed by atoms with Crippen LogP contribution in [0.2, 0.25) is 0 Å². The van der Waals surface area contributed by atoms with Crippen LogP contribution in [0.15, 0.2) is 47.5 Å². The Morgan fingerprint density at radius 1 is 1.16 bits per heavy atom. The summed E-state index contributed by atoms with van der Waals surface area (Å²) in [6.07, 6.45) is 6.70. The molecule has 0 N–H and O–H groups in total. The third kappa shape index (κ3) is 2.77. The SMILES string of the molecule is COc1ccncc1N1CCN(C(=O)c2ccnc3ccoc23)CC1. The molecule has 3 aromatic heterocycles. The Labute approximate surface area is 144 Å². The Bertz CT molecular complexity index is 900. The van der Waals surface area contributed by atoms with Crippen molar-refractivity contribution in [3.05, 3.63) is 48.6 Å². The molecule has 4 heterocycles. The molecule has 0 aliphatic carbocycles. The number of pyridine rings is 2. The van der Waals surface area contributed by atoms with E-state index in [-0.39, 0.29) is 5.91 Å². The molecule has 25 heavy (non-hydrogen) atoms. The summed E-state index contributed by atoms with van der Waals surface area (Å²) in [6, 6.07) is 5.32. The number of furan rings is 1. The maximum Gasteiger partial charge on any atom is 0.257 e. The van der Waals surface area contributed by atoms with E-state index in [1.54, 1.807) is 44.1 Å². The van der Waals surface area contributed by atoms with Crippen LogP contribution in [0.4, 0.5) is 5.69 Å². The Balaban J connectivity index is 1.50. The Hall–Kier alpha value is -3.09. The standard InChI is InChI=1S/C18H18N4O3/c1-24-16-3-5-19-12-15(16)21-7-9-22(10-8-21)18(23)13-2-6-20-14-4-11-25-17(13)14/h2-6,11-12H,7-10H2,1H3. The lowest BCUT2D eigenvalue weighted by atomic mass is 10.2. The second kappa shape index (κ2) is 6.43. The number of nitrogens with zero attached hydrogens (tertiary/aromatic N) is 4. The van der Waals surface area contributed by atoms with Crippen molar-refractivity contribution in [3.8, 4) is 5.75 Å². The van der Waals surface area contributed by atoms with Crippen molar-refractivity contribution in [1.29, 1.82) is 0 Å². The lowest BCUT2D eigenvalue weighted by Crippen LogP contribution is -2.49. The molecular formula is C18H18N4O3. The van der Waals surface area contributed by atoms with Gasteiger partial charge in [-0.2, -0.15) is 0 Å². The molecule has 7 nitrogen and oxygen atoms in total. The van der Waals surface area contributed by atoms with Gasteiger partial charge in [0.2, 0.25) is 0 Å². The Morgan fingerprint density at radius 2 is 2.00 bits per heavy atom. The number of ether oxygens (including phenoxy) is 1. The summed E-state index contributed by atoms with van der Waals surface area (Å²) in [5, 5.41) is 0.